The Morgan fingerprint density at radius 2 is 1.64 bits per heavy atom. The van der Waals surface area contributed by atoms with E-state index in [0.29, 0.717) is 52.2 Å². The van der Waals surface area contributed by atoms with Crippen LogP contribution in [0, 0.1) is 0 Å². The van der Waals surface area contributed by atoms with Gasteiger partial charge in [-0.1, -0.05) is 23.2 Å². The molecule has 16 nitrogen and oxygen atoms in total. The fourth-order valence-corrected chi connectivity index (χ4v) is 5.28. The molecule has 0 bridgehead atoms. The van der Waals surface area contributed by atoms with Crippen LogP contribution in [0.1, 0.15) is 58.9 Å². The third-order valence-corrected chi connectivity index (χ3v) is 7.75. The highest BCUT2D eigenvalue weighted by molar-refractivity contribution is 7.51. The summed E-state index contributed by atoms with van der Waals surface area (Å²) in [4.78, 5) is 76.3. The Bertz CT molecular complexity index is 1640. The number of ether oxygens (including phenoxy) is 1. The number of aliphatic carboxylic acids is 1. The van der Waals surface area contributed by atoms with Gasteiger partial charge in [-0.3, -0.25) is 24.3 Å². The third-order valence-electron chi connectivity index (χ3n) is 6.34. The fraction of sp³-hybridized carbons (Fsp3) is 0.433. The molecule has 2 heterocycles. The number of imide groups is 1. The maximum Gasteiger partial charge on any atom is 0.349 e. The van der Waals surface area contributed by atoms with Crippen molar-refractivity contribution >= 4 is 89.8 Å². The number of esters is 1. The van der Waals surface area contributed by atoms with Gasteiger partial charge < -0.3 is 30.3 Å². The van der Waals surface area contributed by atoms with E-state index in [0.717, 1.165) is 19.4 Å². The van der Waals surface area contributed by atoms with Crippen LogP contribution in [0.25, 0.3) is 6.08 Å². The minimum atomic E-state index is -4.10. The number of aromatic nitrogens is 3. The highest BCUT2D eigenvalue weighted by atomic mass is 35.5. The second-order valence-corrected chi connectivity index (χ2v) is 13.6. The first-order valence-corrected chi connectivity index (χ1v) is 18.2. The van der Waals surface area contributed by atoms with Crippen LogP contribution in [0.5, 0.6) is 0 Å². The predicted molar refractivity (Wildman–Crippen MR) is 190 cm³/mol. The van der Waals surface area contributed by atoms with Crippen molar-refractivity contribution in [2.75, 3.05) is 41.5 Å². The molecule has 274 valence electrons. The Labute approximate surface area is 303 Å². The zero-order valence-electron chi connectivity index (χ0n) is 27.7. The molecule has 0 unspecified atom stereocenters. The SMILES string of the molecule is CCNc1nc(Cl)nc(NC(C)C)n1.CCOC(=O)/C(Cl)=C/c1cc(N2C(=O)C3=C(CCCC3)C2=O)ccc1Cl.O=C(O)CNCP(=O)(O)O. The molecule has 2 aromatic rings. The first kappa shape index (κ1) is 42.5. The number of hydrogen-bond acceptors (Lipinski definition) is 12. The van der Waals surface area contributed by atoms with E-state index in [2.05, 4.69) is 30.9 Å². The average molecular weight is 779 g/mol. The van der Waals surface area contributed by atoms with Crippen LogP contribution in [0.4, 0.5) is 17.6 Å². The van der Waals surface area contributed by atoms with Gasteiger partial charge in [0.1, 0.15) is 5.03 Å². The van der Waals surface area contributed by atoms with Gasteiger partial charge in [-0.15, -0.1) is 0 Å². The number of nitrogens with one attached hydrogen (secondary N) is 3. The number of amides is 2. The number of carbonyl (C=O) groups excluding carboxylic acids is 3. The second kappa shape index (κ2) is 20.3. The molecular formula is C30H39Cl3N7O9P. The Hall–Kier alpha value is -3.63. The summed E-state index contributed by atoms with van der Waals surface area (Å²) in [6, 6.07) is 5.00. The normalized spacial score (nSPS) is 14.4. The van der Waals surface area contributed by atoms with E-state index >= 15 is 0 Å². The zero-order valence-corrected chi connectivity index (χ0v) is 30.9. The van der Waals surface area contributed by atoms with Gasteiger partial charge in [-0.2, -0.15) is 15.0 Å². The molecule has 0 fully saturated rings. The Balaban J connectivity index is 0.000000303. The number of hydrogen-bond donors (Lipinski definition) is 6. The molecule has 0 spiro atoms. The summed E-state index contributed by atoms with van der Waals surface area (Å²) in [7, 11) is -4.10. The van der Waals surface area contributed by atoms with E-state index in [4.69, 9.17) is 54.4 Å². The number of carboxylic acids is 1. The highest BCUT2D eigenvalue weighted by Crippen LogP contribution is 2.37. The molecule has 20 heteroatoms. The number of anilines is 3. The molecule has 1 aliphatic heterocycles. The monoisotopic (exact) mass is 777 g/mol. The van der Waals surface area contributed by atoms with Gasteiger partial charge in [0.15, 0.2) is 0 Å². The number of rotatable bonds is 12. The molecule has 1 aromatic carbocycles. The lowest BCUT2D eigenvalue weighted by molar-refractivity contribution is -0.138. The average Bonchev–Trinajstić information content (AvgIpc) is 3.27. The van der Waals surface area contributed by atoms with Crippen molar-refractivity contribution in [1.82, 2.24) is 20.3 Å². The first-order valence-electron chi connectivity index (χ1n) is 15.3. The van der Waals surface area contributed by atoms with Crippen LogP contribution in [0.15, 0.2) is 34.4 Å². The summed E-state index contributed by atoms with van der Waals surface area (Å²) in [5.74, 6) is -1.38. The van der Waals surface area contributed by atoms with Gasteiger partial charge in [0.25, 0.3) is 11.8 Å². The molecule has 4 rings (SSSR count). The Morgan fingerprint density at radius 1 is 1.04 bits per heavy atom. The van der Waals surface area contributed by atoms with Crippen LogP contribution in [-0.4, -0.2) is 85.6 Å². The van der Waals surface area contributed by atoms with Crippen molar-refractivity contribution in [2.45, 2.75) is 59.4 Å². The molecule has 2 aliphatic rings. The van der Waals surface area contributed by atoms with Crippen molar-refractivity contribution in [1.29, 1.82) is 0 Å². The number of carboxylic acid groups (broad SMARTS) is 1. The lowest BCUT2D eigenvalue weighted by atomic mass is 9.93. The molecule has 1 aliphatic carbocycles. The quantitative estimate of drug-likeness (QED) is 0.0735. The Kier molecular flexibility index (Phi) is 17.3. The molecule has 0 radical (unpaired) electrons. The summed E-state index contributed by atoms with van der Waals surface area (Å²) in [5.41, 5.74) is 2.04. The number of halogens is 3. The van der Waals surface area contributed by atoms with Gasteiger partial charge in [0, 0.05) is 28.8 Å². The first-order chi connectivity index (χ1) is 23.5. The van der Waals surface area contributed by atoms with Crippen molar-refractivity contribution in [2.24, 2.45) is 0 Å². The summed E-state index contributed by atoms with van der Waals surface area (Å²) < 4.78 is 14.9. The van der Waals surface area contributed by atoms with Gasteiger partial charge >= 0.3 is 19.5 Å². The van der Waals surface area contributed by atoms with Crippen molar-refractivity contribution in [3.63, 3.8) is 0 Å². The molecule has 6 N–H and O–H groups in total. The highest BCUT2D eigenvalue weighted by Gasteiger charge is 2.39. The maximum atomic E-state index is 12.7. The van der Waals surface area contributed by atoms with Crippen molar-refractivity contribution in [3.05, 3.63) is 50.2 Å². The van der Waals surface area contributed by atoms with Crippen molar-refractivity contribution in [3.8, 4) is 0 Å². The van der Waals surface area contributed by atoms with E-state index in [1.165, 1.54) is 11.0 Å². The van der Waals surface area contributed by atoms with E-state index < -0.39 is 32.4 Å². The largest absolute Gasteiger partial charge is 0.480 e. The number of benzene rings is 1. The number of nitrogens with zero attached hydrogens (tertiary/aromatic N) is 4. The van der Waals surface area contributed by atoms with E-state index in [1.807, 2.05) is 20.8 Å². The molecule has 1 aromatic heterocycles. The standard InChI is InChI=1S/C19H17Cl2NO4.C8H14ClN5.C3H8NO5P/c1-2-26-19(25)16(21)10-11-9-12(7-8-15(11)20)22-17(23)13-5-3-4-6-14(13)18(22)24;1-4-10-7-12-6(9)13-8(14-7)11-5(2)3;5-3(6)1-4-2-10(7,8)9/h7-10H,2-6H2,1H3;5H,4H2,1-3H3,(H2,10,11,12,13,14);4H,1-2H2,(H,5,6)(H2,7,8,9)/b16-10-;;. The molecule has 0 saturated carbocycles. The maximum absolute atomic E-state index is 12.7. The smallest absolute Gasteiger partial charge is 0.349 e. The summed E-state index contributed by atoms with van der Waals surface area (Å²) >= 11 is 17.9. The van der Waals surface area contributed by atoms with Crippen LogP contribution in [0.2, 0.25) is 10.3 Å². The molecule has 0 saturated heterocycles. The molecule has 0 atom stereocenters. The van der Waals surface area contributed by atoms with Crippen LogP contribution >= 0.6 is 42.4 Å². The predicted octanol–water partition coefficient (Wildman–Crippen LogP) is 4.80. The summed E-state index contributed by atoms with van der Waals surface area (Å²) in [6.07, 6.45) is 3.85. The van der Waals surface area contributed by atoms with Gasteiger partial charge in [0.2, 0.25) is 17.2 Å². The Morgan fingerprint density at radius 3 is 2.16 bits per heavy atom. The summed E-state index contributed by atoms with van der Waals surface area (Å²) in [6.45, 7) is 8.16. The lowest BCUT2D eigenvalue weighted by Gasteiger charge is -2.16. The van der Waals surface area contributed by atoms with E-state index in [9.17, 15) is 23.7 Å². The fourth-order valence-electron chi connectivity index (χ4n) is 4.37. The van der Waals surface area contributed by atoms with Gasteiger partial charge in [-0.05, 0) is 94.8 Å². The van der Waals surface area contributed by atoms with Crippen LogP contribution in [-0.2, 0) is 28.5 Å². The van der Waals surface area contributed by atoms with Gasteiger partial charge in [-0.25, -0.2) is 9.69 Å². The molecule has 2 amide bonds. The van der Waals surface area contributed by atoms with Crippen LogP contribution in [0.3, 0.4) is 0 Å². The van der Waals surface area contributed by atoms with Gasteiger partial charge in [0.05, 0.1) is 25.1 Å². The van der Waals surface area contributed by atoms with E-state index in [-0.39, 0.29) is 34.8 Å². The number of carbonyl (C=O) groups is 4. The topological polar surface area (TPSA) is 233 Å². The lowest BCUT2D eigenvalue weighted by Crippen LogP contribution is -2.31. The van der Waals surface area contributed by atoms with Crippen molar-refractivity contribution < 1.29 is 43.4 Å². The summed E-state index contributed by atoms with van der Waals surface area (Å²) in [5, 5.41) is 16.5. The third kappa shape index (κ3) is 13.9. The minimum Gasteiger partial charge on any atom is -0.480 e. The van der Waals surface area contributed by atoms with E-state index in [1.54, 1.807) is 25.1 Å². The second-order valence-electron chi connectivity index (χ2n) is 10.8. The minimum absolute atomic E-state index is 0.137. The molecule has 50 heavy (non-hydrogen) atoms. The van der Waals surface area contributed by atoms with Crippen LogP contribution < -0.4 is 20.9 Å². The zero-order chi connectivity index (χ0) is 37.6. The molecular weight excluding hydrogens is 740 g/mol.